The highest BCUT2D eigenvalue weighted by Gasteiger charge is 2.21. The highest BCUT2D eigenvalue weighted by Crippen LogP contribution is 2.42. The van der Waals surface area contributed by atoms with Crippen LogP contribution in [0.2, 0.25) is 0 Å². The molecular weight excluding hydrogens is 422 g/mol. The van der Waals surface area contributed by atoms with Crippen LogP contribution in [0.15, 0.2) is 72.4 Å². The van der Waals surface area contributed by atoms with Crippen molar-refractivity contribution in [3.05, 3.63) is 89.1 Å². The standard InChI is InChI=1S/C25H23N3O5/c1-31-21-12-17(13-22-23(21)33-15-32-22)11-20(28-24(29)18-7-3-2-4-8-18)25(30)27-14-16-6-5-9-19(26)10-16/h2-13H,14-15,26H2,1H3,(H,27,30)(H,28,29). The Bertz CT molecular complexity index is 1210. The fourth-order valence-corrected chi connectivity index (χ4v) is 3.32. The maximum atomic E-state index is 13.0. The maximum absolute atomic E-state index is 13.0. The molecule has 4 rings (SSSR count). The SMILES string of the molecule is COc1cc(C=C(NC(=O)c2ccccc2)C(=O)NCc2cccc(N)c2)cc2c1OCO2. The fourth-order valence-electron chi connectivity index (χ4n) is 3.32. The Kier molecular flexibility index (Phi) is 6.45. The Balaban J connectivity index is 1.62. The Hall–Kier alpha value is -4.46. The number of fused-ring (bicyclic) bond motifs is 1. The lowest BCUT2D eigenvalue weighted by molar-refractivity contribution is -0.117. The highest BCUT2D eigenvalue weighted by atomic mass is 16.7. The van der Waals surface area contributed by atoms with Gasteiger partial charge in [0.1, 0.15) is 5.70 Å². The number of benzene rings is 3. The van der Waals surface area contributed by atoms with E-state index < -0.39 is 11.8 Å². The van der Waals surface area contributed by atoms with E-state index in [0.717, 1.165) is 5.56 Å². The molecule has 8 heteroatoms. The van der Waals surface area contributed by atoms with Gasteiger partial charge in [0.05, 0.1) is 7.11 Å². The normalized spacial score (nSPS) is 12.2. The molecule has 0 radical (unpaired) electrons. The summed E-state index contributed by atoms with van der Waals surface area (Å²) in [5, 5.41) is 5.53. The molecule has 3 aromatic rings. The van der Waals surface area contributed by atoms with Crippen molar-refractivity contribution in [3.63, 3.8) is 0 Å². The van der Waals surface area contributed by atoms with E-state index in [1.54, 1.807) is 54.6 Å². The molecule has 0 spiro atoms. The molecule has 0 aliphatic carbocycles. The third-order valence-corrected chi connectivity index (χ3v) is 4.92. The molecule has 0 bridgehead atoms. The van der Waals surface area contributed by atoms with E-state index in [1.807, 2.05) is 18.2 Å². The van der Waals surface area contributed by atoms with E-state index in [-0.39, 0.29) is 19.0 Å². The van der Waals surface area contributed by atoms with Crippen molar-refractivity contribution in [2.45, 2.75) is 6.54 Å². The summed E-state index contributed by atoms with van der Waals surface area (Å²) in [5.41, 5.74) is 8.33. The lowest BCUT2D eigenvalue weighted by atomic mass is 10.1. The number of carbonyl (C=O) groups is 2. The van der Waals surface area contributed by atoms with Crippen LogP contribution in [-0.2, 0) is 11.3 Å². The molecule has 1 heterocycles. The lowest BCUT2D eigenvalue weighted by Crippen LogP contribution is -2.34. The maximum Gasteiger partial charge on any atom is 0.268 e. The molecule has 0 fully saturated rings. The van der Waals surface area contributed by atoms with Crippen molar-refractivity contribution in [2.24, 2.45) is 0 Å². The second-order valence-corrected chi connectivity index (χ2v) is 7.26. The first-order chi connectivity index (χ1) is 16.0. The number of nitrogens with one attached hydrogen (secondary N) is 2. The number of hydrogen-bond acceptors (Lipinski definition) is 6. The van der Waals surface area contributed by atoms with E-state index in [0.29, 0.717) is 34.1 Å². The third-order valence-electron chi connectivity index (χ3n) is 4.92. The monoisotopic (exact) mass is 445 g/mol. The Labute approximate surface area is 191 Å². The molecule has 0 saturated heterocycles. The van der Waals surface area contributed by atoms with Crippen molar-refractivity contribution < 1.29 is 23.8 Å². The van der Waals surface area contributed by atoms with Gasteiger partial charge in [0.25, 0.3) is 11.8 Å². The van der Waals surface area contributed by atoms with Gasteiger partial charge in [0.2, 0.25) is 12.5 Å². The number of nitrogen functional groups attached to an aromatic ring is 1. The number of methoxy groups -OCH3 is 1. The first kappa shape index (κ1) is 21.8. The molecule has 0 unspecified atom stereocenters. The topological polar surface area (TPSA) is 112 Å². The van der Waals surface area contributed by atoms with Gasteiger partial charge in [0.15, 0.2) is 11.5 Å². The zero-order valence-electron chi connectivity index (χ0n) is 18.0. The minimum atomic E-state index is -0.460. The number of anilines is 1. The molecule has 4 N–H and O–H groups in total. The van der Waals surface area contributed by atoms with Crippen LogP contribution in [-0.4, -0.2) is 25.7 Å². The number of amides is 2. The lowest BCUT2D eigenvalue weighted by Gasteiger charge is -2.12. The summed E-state index contributed by atoms with van der Waals surface area (Å²) >= 11 is 0. The van der Waals surface area contributed by atoms with Crippen molar-refractivity contribution in [1.82, 2.24) is 10.6 Å². The van der Waals surface area contributed by atoms with Crippen molar-refractivity contribution in [1.29, 1.82) is 0 Å². The molecule has 0 saturated carbocycles. The first-order valence-corrected chi connectivity index (χ1v) is 10.2. The fraction of sp³-hybridized carbons (Fsp3) is 0.120. The van der Waals surface area contributed by atoms with E-state index in [1.165, 1.54) is 7.11 Å². The van der Waals surface area contributed by atoms with Gasteiger partial charge in [-0.3, -0.25) is 9.59 Å². The number of nitrogens with two attached hydrogens (primary N) is 1. The summed E-state index contributed by atoms with van der Waals surface area (Å²) in [5.74, 6) is 0.585. The van der Waals surface area contributed by atoms with Gasteiger partial charge in [-0.1, -0.05) is 30.3 Å². The Morgan fingerprint density at radius 3 is 2.64 bits per heavy atom. The van der Waals surface area contributed by atoms with E-state index in [2.05, 4.69) is 10.6 Å². The van der Waals surface area contributed by atoms with Crippen LogP contribution < -0.4 is 30.6 Å². The average Bonchev–Trinajstić information content (AvgIpc) is 3.31. The first-order valence-electron chi connectivity index (χ1n) is 10.2. The van der Waals surface area contributed by atoms with Gasteiger partial charge < -0.3 is 30.6 Å². The zero-order chi connectivity index (χ0) is 23.2. The van der Waals surface area contributed by atoms with E-state index >= 15 is 0 Å². The van der Waals surface area contributed by atoms with E-state index in [4.69, 9.17) is 19.9 Å². The van der Waals surface area contributed by atoms with Crippen LogP contribution >= 0.6 is 0 Å². The van der Waals surface area contributed by atoms with Crippen molar-refractivity contribution in [3.8, 4) is 17.2 Å². The smallest absolute Gasteiger partial charge is 0.268 e. The van der Waals surface area contributed by atoms with Crippen LogP contribution in [0.4, 0.5) is 5.69 Å². The van der Waals surface area contributed by atoms with Crippen LogP contribution in [0.25, 0.3) is 6.08 Å². The Morgan fingerprint density at radius 1 is 1.06 bits per heavy atom. The number of ether oxygens (including phenoxy) is 3. The summed E-state index contributed by atoms with van der Waals surface area (Å²) < 4.78 is 16.3. The molecule has 0 aromatic heterocycles. The van der Waals surface area contributed by atoms with Gasteiger partial charge in [0, 0.05) is 17.8 Å². The summed E-state index contributed by atoms with van der Waals surface area (Å²) in [7, 11) is 1.52. The van der Waals surface area contributed by atoms with Gasteiger partial charge in [-0.15, -0.1) is 0 Å². The predicted molar refractivity (Wildman–Crippen MR) is 124 cm³/mol. The van der Waals surface area contributed by atoms with Gasteiger partial charge in [-0.2, -0.15) is 0 Å². The molecule has 2 amide bonds. The second kappa shape index (κ2) is 9.78. The van der Waals surface area contributed by atoms with Crippen LogP contribution in [0.1, 0.15) is 21.5 Å². The quantitative estimate of drug-likeness (QED) is 0.381. The van der Waals surface area contributed by atoms with E-state index in [9.17, 15) is 9.59 Å². The van der Waals surface area contributed by atoms with Crippen LogP contribution in [0, 0.1) is 0 Å². The second-order valence-electron chi connectivity index (χ2n) is 7.26. The molecule has 1 aliphatic heterocycles. The van der Waals surface area contributed by atoms with Gasteiger partial charge in [-0.05, 0) is 53.6 Å². The largest absolute Gasteiger partial charge is 0.493 e. The minimum Gasteiger partial charge on any atom is -0.493 e. The highest BCUT2D eigenvalue weighted by molar-refractivity contribution is 6.05. The Morgan fingerprint density at radius 2 is 1.88 bits per heavy atom. The van der Waals surface area contributed by atoms with Gasteiger partial charge >= 0.3 is 0 Å². The van der Waals surface area contributed by atoms with Crippen molar-refractivity contribution in [2.75, 3.05) is 19.6 Å². The summed E-state index contributed by atoms with van der Waals surface area (Å²) in [6, 6.07) is 19.3. The predicted octanol–water partition coefficient (Wildman–Crippen LogP) is 3.09. The molecule has 168 valence electrons. The zero-order valence-corrected chi connectivity index (χ0v) is 18.0. The molecule has 33 heavy (non-hydrogen) atoms. The van der Waals surface area contributed by atoms with Gasteiger partial charge in [-0.25, -0.2) is 0 Å². The van der Waals surface area contributed by atoms with Crippen LogP contribution in [0.3, 0.4) is 0 Å². The summed E-state index contributed by atoms with van der Waals surface area (Å²) in [6.45, 7) is 0.323. The molecule has 1 aliphatic rings. The average molecular weight is 445 g/mol. The molecule has 0 atom stereocenters. The third kappa shape index (κ3) is 5.24. The number of hydrogen-bond donors (Lipinski definition) is 3. The minimum absolute atomic E-state index is 0.0636. The molecular formula is C25H23N3O5. The van der Waals surface area contributed by atoms with Crippen molar-refractivity contribution >= 4 is 23.6 Å². The molecule has 3 aromatic carbocycles. The molecule has 8 nitrogen and oxygen atoms in total. The summed E-state index contributed by atoms with van der Waals surface area (Å²) in [4.78, 5) is 25.8. The summed E-state index contributed by atoms with van der Waals surface area (Å²) in [6.07, 6.45) is 1.56. The number of rotatable bonds is 7. The number of carbonyl (C=O) groups excluding carboxylic acids is 2. The van der Waals surface area contributed by atoms with Crippen LogP contribution in [0.5, 0.6) is 17.2 Å².